The SMILES string of the molecule is CCC(C)N1CC(C)(C)CN(C)CC1CCO. The Morgan fingerprint density at radius 3 is 2.53 bits per heavy atom. The zero-order valence-electron chi connectivity index (χ0n) is 12.2. The van der Waals surface area contributed by atoms with Crippen LogP contribution in [0.2, 0.25) is 0 Å². The fraction of sp³-hybridized carbons (Fsp3) is 1.00. The maximum Gasteiger partial charge on any atom is 0.0446 e. The summed E-state index contributed by atoms with van der Waals surface area (Å²) in [5, 5.41) is 9.25. The first-order valence-electron chi connectivity index (χ1n) is 6.94. The lowest BCUT2D eigenvalue weighted by molar-refractivity contribution is 0.0916. The summed E-state index contributed by atoms with van der Waals surface area (Å²) in [5.74, 6) is 0. The van der Waals surface area contributed by atoms with Crippen molar-refractivity contribution >= 4 is 0 Å². The molecule has 2 atom stereocenters. The molecule has 3 heteroatoms. The predicted octanol–water partition coefficient (Wildman–Crippen LogP) is 1.81. The minimum atomic E-state index is 0.297. The van der Waals surface area contributed by atoms with Gasteiger partial charge in [-0.25, -0.2) is 0 Å². The van der Waals surface area contributed by atoms with Crippen LogP contribution in [0.15, 0.2) is 0 Å². The summed E-state index contributed by atoms with van der Waals surface area (Å²) in [4.78, 5) is 5.03. The zero-order chi connectivity index (χ0) is 13.1. The van der Waals surface area contributed by atoms with Crippen molar-refractivity contribution in [1.29, 1.82) is 0 Å². The van der Waals surface area contributed by atoms with E-state index < -0.39 is 0 Å². The van der Waals surface area contributed by atoms with Gasteiger partial charge in [-0.3, -0.25) is 4.90 Å². The van der Waals surface area contributed by atoms with Gasteiger partial charge in [-0.05, 0) is 32.2 Å². The summed E-state index contributed by atoms with van der Waals surface area (Å²) >= 11 is 0. The van der Waals surface area contributed by atoms with Crippen molar-refractivity contribution in [2.45, 2.75) is 52.6 Å². The molecule has 17 heavy (non-hydrogen) atoms. The first-order chi connectivity index (χ1) is 7.89. The van der Waals surface area contributed by atoms with Crippen LogP contribution in [0.3, 0.4) is 0 Å². The Hall–Kier alpha value is -0.120. The lowest BCUT2D eigenvalue weighted by Gasteiger charge is -2.38. The number of likely N-dealkylation sites (N-methyl/N-ethyl adjacent to an activating group) is 1. The lowest BCUT2D eigenvalue weighted by atomic mass is 9.92. The summed E-state index contributed by atoms with van der Waals surface area (Å²) < 4.78 is 0. The first-order valence-corrected chi connectivity index (χ1v) is 6.94. The van der Waals surface area contributed by atoms with E-state index in [1.165, 1.54) is 6.42 Å². The average molecular weight is 242 g/mol. The smallest absolute Gasteiger partial charge is 0.0446 e. The molecule has 1 aliphatic rings. The molecule has 0 aromatic carbocycles. The van der Waals surface area contributed by atoms with E-state index in [1.807, 2.05) is 0 Å². The summed E-state index contributed by atoms with van der Waals surface area (Å²) in [6.07, 6.45) is 2.08. The summed E-state index contributed by atoms with van der Waals surface area (Å²) in [6, 6.07) is 1.11. The molecule has 0 bridgehead atoms. The molecule has 0 aliphatic carbocycles. The summed E-state index contributed by atoms with van der Waals surface area (Å²) in [7, 11) is 2.20. The van der Waals surface area contributed by atoms with Crippen molar-refractivity contribution in [3.8, 4) is 0 Å². The second-order valence-corrected chi connectivity index (χ2v) is 6.46. The Bertz CT molecular complexity index is 230. The molecule has 0 aromatic heterocycles. The van der Waals surface area contributed by atoms with Gasteiger partial charge >= 0.3 is 0 Å². The van der Waals surface area contributed by atoms with Crippen molar-refractivity contribution in [2.24, 2.45) is 5.41 Å². The minimum Gasteiger partial charge on any atom is -0.396 e. The standard InChI is InChI=1S/C14H30N2O/c1-6-12(2)16-11-14(3,4)10-15(5)9-13(16)7-8-17/h12-13,17H,6-11H2,1-5H3. The highest BCUT2D eigenvalue weighted by molar-refractivity contribution is 4.89. The maximum absolute atomic E-state index is 9.25. The number of nitrogens with zero attached hydrogens (tertiary/aromatic N) is 2. The first kappa shape index (κ1) is 14.9. The van der Waals surface area contributed by atoms with Crippen LogP contribution in [0.5, 0.6) is 0 Å². The van der Waals surface area contributed by atoms with Gasteiger partial charge in [-0.15, -0.1) is 0 Å². The molecule has 1 heterocycles. The van der Waals surface area contributed by atoms with Crippen LogP contribution in [0.4, 0.5) is 0 Å². The number of aliphatic hydroxyl groups excluding tert-OH is 1. The van der Waals surface area contributed by atoms with E-state index in [9.17, 15) is 5.11 Å². The van der Waals surface area contributed by atoms with Crippen molar-refractivity contribution in [3.63, 3.8) is 0 Å². The van der Waals surface area contributed by atoms with Gasteiger partial charge < -0.3 is 10.0 Å². The molecule has 0 radical (unpaired) electrons. The van der Waals surface area contributed by atoms with E-state index in [4.69, 9.17) is 0 Å². The third-order valence-corrected chi connectivity index (χ3v) is 3.92. The van der Waals surface area contributed by atoms with Crippen LogP contribution in [0.1, 0.15) is 40.5 Å². The molecule has 0 spiro atoms. The third-order valence-electron chi connectivity index (χ3n) is 3.92. The van der Waals surface area contributed by atoms with Crippen LogP contribution in [-0.4, -0.2) is 60.3 Å². The Labute approximate surface area is 107 Å². The van der Waals surface area contributed by atoms with Gasteiger partial charge in [0.25, 0.3) is 0 Å². The van der Waals surface area contributed by atoms with E-state index in [0.29, 0.717) is 24.1 Å². The molecule has 1 N–H and O–H groups in total. The highest BCUT2D eigenvalue weighted by atomic mass is 16.3. The minimum absolute atomic E-state index is 0.297. The van der Waals surface area contributed by atoms with Gasteiger partial charge in [0.15, 0.2) is 0 Å². The van der Waals surface area contributed by atoms with Gasteiger partial charge in [0.2, 0.25) is 0 Å². The van der Waals surface area contributed by atoms with Gasteiger partial charge in [-0.2, -0.15) is 0 Å². The molecule has 1 fully saturated rings. The summed E-state index contributed by atoms with van der Waals surface area (Å²) in [6.45, 7) is 12.9. The van der Waals surface area contributed by atoms with Gasteiger partial charge in [0.1, 0.15) is 0 Å². The summed E-state index contributed by atoms with van der Waals surface area (Å²) in [5.41, 5.74) is 0.336. The number of hydrogen-bond donors (Lipinski definition) is 1. The van der Waals surface area contributed by atoms with Crippen LogP contribution in [0.25, 0.3) is 0 Å². The molecular weight excluding hydrogens is 212 g/mol. The Balaban J connectivity index is 2.84. The molecule has 1 aliphatic heterocycles. The second-order valence-electron chi connectivity index (χ2n) is 6.46. The maximum atomic E-state index is 9.25. The Kier molecular flexibility index (Phi) is 5.42. The van der Waals surface area contributed by atoms with Crippen LogP contribution in [-0.2, 0) is 0 Å². The molecular formula is C14H30N2O. The van der Waals surface area contributed by atoms with Gasteiger partial charge in [0, 0.05) is 38.3 Å². The molecule has 0 aromatic rings. The van der Waals surface area contributed by atoms with E-state index >= 15 is 0 Å². The van der Waals surface area contributed by atoms with Crippen molar-refractivity contribution < 1.29 is 5.11 Å². The van der Waals surface area contributed by atoms with Crippen LogP contribution < -0.4 is 0 Å². The monoisotopic (exact) mass is 242 g/mol. The largest absolute Gasteiger partial charge is 0.396 e. The van der Waals surface area contributed by atoms with Crippen LogP contribution in [0, 0.1) is 5.41 Å². The normalized spacial score (nSPS) is 28.9. The molecule has 1 saturated heterocycles. The van der Waals surface area contributed by atoms with Gasteiger partial charge in [-0.1, -0.05) is 20.8 Å². The third kappa shape index (κ3) is 4.23. The topological polar surface area (TPSA) is 26.7 Å². The highest BCUT2D eigenvalue weighted by Gasteiger charge is 2.34. The zero-order valence-corrected chi connectivity index (χ0v) is 12.2. The number of rotatable bonds is 4. The van der Waals surface area contributed by atoms with E-state index in [-0.39, 0.29) is 0 Å². The second kappa shape index (κ2) is 6.17. The highest BCUT2D eigenvalue weighted by Crippen LogP contribution is 2.27. The van der Waals surface area contributed by atoms with Crippen molar-refractivity contribution in [1.82, 2.24) is 9.80 Å². The van der Waals surface area contributed by atoms with E-state index in [2.05, 4.69) is 44.5 Å². The van der Waals surface area contributed by atoms with Crippen molar-refractivity contribution in [3.05, 3.63) is 0 Å². The van der Waals surface area contributed by atoms with E-state index in [0.717, 1.165) is 26.1 Å². The van der Waals surface area contributed by atoms with E-state index in [1.54, 1.807) is 0 Å². The van der Waals surface area contributed by atoms with Gasteiger partial charge in [0.05, 0.1) is 0 Å². The number of hydrogen-bond acceptors (Lipinski definition) is 3. The fourth-order valence-corrected chi connectivity index (χ4v) is 3.09. The molecule has 2 unspecified atom stereocenters. The molecule has 0 amide bonds. The molecule has 102 valence electrons. The molecule has 0 saturated carbocycles. The quantitative estimate of drug-likeness (QED) is 0.814. The van der Waals surface area contributed by atoms with Crippen molar-refractivity contribution in [2.75, 3.05) is 33.3 Å². The predicted molar refractivity (Wildman–Crippen MR) is 73.2 cm³/mol. The molecule has 3 nitrogen and oxygen atoms in total. The fourth-order valence-electron chi connectivity index (χ4n) is 3.09. The molecule has 1 rings (SSSR count). The lowest BCUT2D eigenvalue weighted by Crippen LogP contribution is -2.47. The van der Waals surface area contributed by atoms with Crippen LogP contribution >= 0.6 is 0 Å². The Morgan fingerprint density at radius 1 is 1.35 bits per heavy atom. The number of aliphatic hydroxyl groups is 1. The Morgan fingerprint density at radius 2 is 2.00 bits per heavy atom. The average Bonchev–Trinajstić information content (AvgIpc) is 2.33.